The number of nitrogens with zero attached hydrogens (tertiary/aromatic N) is 2. The van der Waals surface area contributed by atoms with Crippen LogP contribution in [0.4, 0.5) is 34.1 Å². The lowest BCUT2D eigenvalue weighted by Gasteiger charge is -2.28. The number of furan rings is 1. The van der Waals surface area contributed by atoms with Gasteiger partial charge in [-0.3, -0.25) is 0 Å². The predicted octanol–water partition coefficient (Wildman–Crippen LogP) is 19.5. The van der Waals surface area contributed by atoms with Gasteiger partial charge < -0.3 is 14.2 Å². The number of anilines is 6. The maximum Gasteiger partial charge on any atom is 0.159 e. The zero-order valence-electron chi connectivity index (χ0n) is 40.2. The molecule has 0 fully saturated rings. The third kappa shape index (κ3) is 7.46. The van der Waals surface area contributed by atoms with E-state index in [0.29, 0.717) is 0 Å². The van der Waals surface area contributed by atoms with Crippen LogP contribution in [-0.2, 0) is 5.41 Å². The summed E-state index contributed by atoms with van der Waals surface area (Å²) in [6, 6.07) is 96.2. The second-order valence-electron chi connectivity index (χ2n) is 19.3. The summed E-state index contributed by atoms with van der Waals surface area (Å²) in [5, 5.41) is 2.15. The van der Waals surface area contributed by atoms with E-state index in [2.05, 4.69) is 291 Å². The van der Waals surface area contributed by atoms with Crippen molar-refractivity contribution in [2.24, 2.45) is 0 Å². The second-order valence-corrected chi connectivity index (χ2v) is 19.3. The first-order valence-electron chi connectivity index (χ1n) is 24.8. The zero-order valence-corrected chi connectivity index (χ0v) is 40.2. The number of fused-ring (bicyclic) bond motifs is 6. The fourth-order valence-electron chi connectivity index (χ4n) is 11.0. The molecule has 11 aromatic carbocycles. The van der Waals surface area contributed by atoms with E-state index in [1.807, 2.05) is 0 Å². The molecule has 3 heteroatoms. The molecule has 0 bridgehead atoms. The smallest absolute Gasteiger partial charge is 0.159 e. The third-order valence-electron chi connectivity index (χ3n) is 14.7. The summed E-state index contributed by atoms with van der Waals surface area (Å²) in [6.45, 7) is 4.69. The average Bonchev–Trinajstić information content (AvgIpc) is 3.95. The van der Waals surface area contributed by atoms with Crippen molar-refractivity contribution >= 4 is 56.1 Å². The van der Waals surface area contributed by atoms with Crippen LogP contribution in [0.15, 0.2) is 271 Å². The Hall–Kier alpha value is -9.18. The molecule has 13 rings (SSSR count). The van der Waals surface area contributed by atoms with Gasteiger partial charge in [0.15, 0.2) is 5.58 Å². The molecule has 0 amide bonds. The molecule has 0 radical (unpaired) electrons. The Bertz CT molecular complexity index is 3810. The molecular formula is C69H50N2O. The van der Waals surface area contributed by atoms with Crippen LogP contribution in [0.25, 0.3) is 77.6 Å². The summed E-state index contributed by atoms with van der Waals surface area (Å²) in [6.07, 6.45) is 0. The number of hydrogen-bond acceptors (Lipinski definition) is 3. The minimum absolute atomic E-state index is 0.155. The Morgan fingerprint density at radius 2 is 0.667 bits per heavy atom. The van der Waals surface area contributed by atoms with Crippen molar-refractivity contribution in [1.29, 1.82) is 0 Å². The average molecular weight is 923 g/mol. The quantitative estimate of drug-likeness (QED) is 0.136. The monoisotopic (exact) mass is 922 g/mol. The molecule has 0 spiro atoms. The molecule has 0 saturated carbocycles. The molecule has 0 atom stereocenters. The van der Waals surface area contributed by atoms with Crippen molar-refractivity contribution in [3.63, 3.8) is 0 Å². The summed E-state index contributed by atoms with van der Waals surface area (Å²) < 4.78 is 7.23. The highest BCUT2D eigenvalue weighted by atomic mass is 16.3. The lowest BCUT2D eigenvalue weighted by molar-refractivity contribution is 0.660. The molecule has 3 nitrogen and oxygen atoms in total. The van der Waals surface area contributed by atoms with E-state index in [1.54, 1.807) is 0 Å². The van der Waals surface area contributed by atoms with Gasteiger partial charge in [-0.25, -0.2) is 0 Å². The minimum atomic E-state index is -0.155. The summed E-state index contributed by atoms with van der Waals surface area (Å²) in [5.41, 5.74) is 22.4. The number of rotatable bonds is 10. The standard InChI is InChI=1S/C69H50N2O/c1-69(2)64-26-13-12-22-60(64)61-45-44-58(46-65(61)69)71(57-40-32-52(33-41-57)49-20-10-5-11-21-49)66-27-15-25-63-62-24-14-23-59(67(62)72-68(63)66)53-34-42-56(43-35-53)70(54-36-28-50(29-37-54)47-16-6-3-7-17-47)55-38-30-51(31-39-55)48-18-8-4-9-19-48/h3-46H,1-2H3. The van der Waals surface area contributed by atoms with E-state index in [9.17, 15) is 0 Å². The molecule has 12 aromatic rings. The molecule has 72 heavy (non-hydrogen) atoms. The van der Waals surface area contributed by atoms with Crippen LogP contribution in [0, 0.1) is 0 Å². The largest absolute Gasteiger partial charge is 0.453 e. The second kappa shape index (κ2) is 17.7. The van der Waals surface area contributed by atoms with Crippen molar-refractivity contribution in [3.8, 4) is 55.6 Å². The Labute approximate surface area is 421 Å². The van der Waals surface area contributed by atoms with Crippen molar-refractivity contribution in [2.75, 3.05) is 9.80 Å². The van der Waals surface area contributed by atoms with Crippen LogP contribution in [0.5, 0.6) is 0 Å². The Balaban J connectivity index is 0.906. The van der Waals surface area contributed by atoms with E-state index < -0.39 is 0 Å². The summed E-state index contributed by atoms with van der Waals surface area (Å²) in [5.74, 6) is 0. The Morgan fingerprint density at radius 1 is 0.278 bits per heavy atom. The first kappa shape index (κ1) is 42.9. The minimum Gasteiger partial charge on any atom is -0.453 e. The molecule has 1 aromatic heterocycles. The molecule has 342 valence electrons. The lowest BCUT2D eigenvalue weighted by atomic mass is 9.82. The van der Waals surface area contributed by atoms with Gasteiger partial charge in [0.2, 0.25) is 0 Å². The summed E-state index contributed by atoms with van der Waals surface area (Å²) in [7, 11) is 0. The fraction of sp³-hybridized carbons (Fsp3) is 0.0435. The van der Waals surface area contributed by atoms with Gasteiger partial charge in [0.1, 0.15) is 5.58 Å². The van der Waals surface area contributed by atoms with Crippen LogP contribution in [-0.4, -0.2) is 0 Å². The van der Waals surface area contributed by atoms with Gasteiger partial charge >= 0.3 is 0 Å². The Morgan fingerprint density at radius 3 is 1.19 bits per heavy atom. The van der Waals surface area contributed by atoms with Gasteiger partial charge in [-0.15, -0.1) is 0 Å². The maximum absolute atomic E-state index is 7.23. The van der Waals surface area contributed by atoms with E-state index in [-0.39, 0.29) is 5.41 Å². The molecule has 0 aliphatic heterocycles. The normalized spacial score (nSPS) is 12.4. The lowest BCUT2D eigenvalue weighted by Crippen LogP contribution is -2.16. The van der Waals surface area contributed by atoms with Crippen LogP contribution < -0.4 is 9.80 Å². The van der Waals surface area contributed by atoms with E-state index in [0.717, 1.165) is 67.2 Å². The molecule has 1 aliphatic carbocycles. The topological polar surface area (TPSA) is 19.6 Å². The molecular weight excluding hydrogens is 873 g/mol. The van der Waals surface area contributed by atoms with Crippen LogP contribution in [0.2, 0.25) is 0 Å². The van der Waals surface area contributed by atoms with Gasteiger partial charge in [0.05, 0.1) is 5.69 Å². The van der Waals surface area contributed by atoms with Gasteiger partial charge in [-0.2, -0.15) is 0 Å². The van der Waals surface area contributed by atoms with Crippen LogP contribution >= 0.6 is 0 Å². The van der Waals surface area contributed by atoms with Crippen LogP contribution in [0.1, 0.15) is 25.0 Å². The van der Waals surface area contributed by atoms with E-state index in [4.69, 9.17) is 4.42 Å². The first-order valence-corrected chi connectivity index (χ1v) is 24.8. The zero-order chi connectivity index (χ0) is 48.2. The molecule has 0 saturated heterocycles. The van der Waals surface area contributed by atoms with E-state index in [1.165, 1.54) is 55.6 Å². The molecule has 1 aliphatic rings. The summed E-state index contributed by atoms with van der Waals surface area (Å²) in [4.78, 5) is 4.71. The highest BCUT2D eigenvalue weighted by Crippen LogP contribution is 2.52. The Kier molecular flexibility index (Phi) is 10.5. The van der Waals surface area contributed by atoms with Gasteiger partial charge in [0.25, 0.3) is 0 Å². The van der Waals surface area contributed by atoms with Crippen molar-refractivity contribution in [1.82, 2.24) is 0 Å². The fourth-order valence-corrected chi connectivity index (χ4v) is 11.0. The van der Waals surface area contributed by atoms with Crippen molar-refractivity contribution < 1.29 is 4.42 Å². The van der Waals surface area contributed by atoms with Gasteiger partial charge in [0, 0.05) is 50.2 Å². The number of para-hydroxylation sites is 2. The molecule has 0 N–H and O–H groups in total. The van der Waals surface area contributed by atoms with Crippen molar-refractivity contribution in [3.05, 3.63) is 278 Å². The molecule has 0 unspecified atom stereocenters. The van der Waals surface area contributed by atoms with E-state index >= 15 is 0 Å². The maximum atomic E-state index is 7.23. The number of hydrogen-bond donors (Lipinski definition) is 0. The van der Waals surface area contributed by atoms with Crippen molar-refractivity contribution in [2.45, 2.75) is 19.3 Å². The number of benzene rings is 11. The van der Waals surface area contributed by atoms with Gasteiger partial charge in [-0.1, -0.05) is 214 Å². The third-order valence-corrected chi connectivity index (χ3v) is 14.7. The van der Waals surface area contributed by atoms with Gasteiger partial charge in [-0.05, 0) is 128 Å². The predicted molar refractivity (Wildman–Crippen MR) is 302 cm³/mol. The highest BCUT2D eigenvalue weighted by Gasteiger charge is 2.36. The molecule has 1 heterocycles. The van der Waals surface area contributed by atoms with Crippen LogP contribution in [0.3, 0.4) is 0 Å². The summed E-state index contributed by atoms with van der Waals surface area (Å²) >= 11 is 0. The SMILES string of the molecule is CC1(C)c2ccccc2-c2ccc(N(c3ccc(-c4ccccc4)cc3)c3cccc4c3oc3c(-c5ccc(N(c6ccc(-c7ccccc7)cc6)c6ccc(-c7ccccc7)cc6)cc5)cccc34)cc21. The first-order chi connectivity index (χ1) is 35.5. The highest BCUT2D eigenvalue weighted by molar-refractivity contribution is 6.13.